The van der Waals surface area contributed by atoms with Crippen LogP contribution in [0.2, 0.25) is 0 Å². The van der Waals surface area contributed by atoms with Crippen molar-refractivity contribution in [3.63, 3.8) is 0 Å². The van der Waals surface area contributed by atoms with E-state index in [2.05, 4.69) is 10.1 Å². The Balaban J connectivity index is 2.66. The van der Waals surface area contributed by atoms with E-state index < -0.39 is 30.5 Å². The van der Waals surface area contributed by atoms with Gasteiger partial charge in [-0.05, 0) is 24.5 Å². The first-order chi connectivity index (χ1) is 11.3. The van der Waals surface area contributed by atoms with Gasteiger partial charge in [0.05, 0.1) is 7.11 Å². The van der Waals surface area contributed by atoms with Crippen LogP contribution in [0.4, 0.5) is 0 Å². The number of rotatable bonds is 7. The Bertz CT molecular complexity index is 613. The number of amides is 1. The first-order valence-electron chi connectivity index (χ1n) is 7.64. The van der Waals surface area contributed by atoms with Gasteiger partial charge in [0, 0.05) is 0 Å². The molecular weight excluding hydrogens is 314 g/mol. The molecule has 0 heterocycles. The number of esters is 2. The third-order valence-electron chi connectivity index (χ3n) is 3.78. The highest BCUT2D eigenvalue weighted by atomic mass is 16.5. The summed E-state index contributed by atoms with van der Waals surface area (Å²) in [5, 5.41) is 12.3. The smallest absolute Gasteiger partial charge is 0.342 e. The zero-order valence-corrected chi connectivity index (χ0v) is 14.3. The molecule has 0 saturated heterocycles. The average Bonchev–Trinajstić information content (AvgIpc) is 2.58. The second-order valence-corrected chi connectivity index (χ2v) is 5.50. The molecule has 0 spiro atoms. The summed E-state index contributed by atoms with van der Waals surface area (Å²) < 4.78 is 9.56. The maximum Gasteiger partial charge on any atom is 0.342 e. The Hall–Kier alpha value is -2.57. The Morgan fingerprint density at radius 2 is 1.96 bits per heavy atom. The zero-order chi connectivity index (χ0) is 18.3. The highest BCUT2D eigenvalue weighted by Gasteiger charge is 2.27. The average molecular weight is 337 g/mol. The standard InChI is InChI=1S/C17H23NO6/c1-5-10(2)14(17(22)23-4)18-13(19)9-24-16(21)12-8-6-7-11(3)15(12)20/h6-8,10,14,20H,5,9H2,1-4H3,(H,18,19)/t10-,14-/m1/s1. The van der Waals surface area contributed by atoms with Gasteiger partial charge in [-0.15, -0.1) is 0 Å². The monoisotopic (exact) mass is 337 g/mol. The molecule has 1 amide bonds. The summed E-state index contributed by atoms with van der Waals surface area (Å²) in [6.45, 7) is 4.77. The lowest BCUT2D eigenvalue weighted by molar-refractivity contribution is -0.147. The lowest BCUT2D eigenvalue weighted by Gasteiger charge is -2.21. The predicted octanol–water partition coefficient (Wildman–Crippen LogP) is 1.56. The fourth-order valence-electron chi connectivity index (χ4n) is 2.04. The van der Waals surface area contributed by atoms with Crippen LogP contribution < -0.4 is 5.32 Å². The van der Waals surface area contributed by atoms with Gasteiger partial charge in [-0.25, -0.2) is 9.59 Å². The van der Waals surface area contributed by atoms with Crippen molar-refractivity contribution in [3.05, 3.63) is 29.3 Å². The molecule has 0 bridgehead atoms. The molecule has 0 aromatic heterocycles. The van der Waals surface area contributed by atoms with Crippen LogP contribution in [0.3, 0.4) is 0 Å². The molecule has 0 fully saturated rings. The molecule has 0 aliphatic heterocycles. The molecule has 132 valence electrons. The second kappa shape index (κ2) is 8.90. The molecule has 1 aromatic rings. The summed E-state index contributed by atoms with van der Waals surface area (Å²) in [7, 11) is 1.24. The number of phenols is 1. The molecule has 7 nitrogen and oxygen atoms in total. The molecule has 2 N–H and O–H groups in total. The minimum absolute atomic E-state index is 0.0192. The normalized spacial score (nSPS) is 12.8. The molecule has 24 heavy (non-hydrogen) atoms. The molecule has 1 aromatic carbocycles. The van der Waals surface area contributed by atoms with E-state index >= 15 is 0 Å². The van der Waals surface area contributed by atoms with Crippen LogP contribution in [-0.2, 0) is 19.1 Å². The summed E-state index contributed by atoms with van der Waals surface area (Å²) in [6.07, 6.45) is 0.664. The number of hydrogen-bond donors (Lipinski definition) is 2. The number of nitrogens with one attached hydrogen (secondary N) is 1. The van der Waals surface area contributed by atoms with Crippen LogP contribution in [-0.4, -0.2) is 42.7 Å². The Morgan fingerprint density at radius 1 is 1.29 bits per heavy atom. The molecular formula is C17H23NO6. The number of aryl methyl sites for hydroxylation is 1. The number of phenolic OH excluding ortho intramolecular Hbond substituents is 1. The summed E-state index contributed by atoms with van der Waals surface area (Å²) >= 11 is 0. The largest absolute Gasteiger partial charge is 0.507 e. The van der Waals surface area contributed by atoms with Gasteiger partial charge in [0.1, 0.15) is 17.4 Å². The predicted molar refractivity (Wildman–Crippen MR) is 86.5 cm³/mol. The van der Waals surface area contributed by atoms with E-state index in [4.69, 9.17) is 4.74 Å². The van der Waals surface area contributed by atoms with Gasteiger partial charge in [0.25, 0.3) is 5.91 Å². The first kappa shape index (κ1) is 19.5. The van der Waals surface area contributed by atoms with Crippen LogP contribution in [0.1, 0.15) is 36.2 Å². The lowest BCUT2D eigenvalue weighted by Crippen LogP contribution is -2.47. The highest BCUT2D eigenvalue weighted by Crippen LogP contribution is 2.22. The number of ether oxygens (including phenoxy) is 2. The van der Waals surface area contributed by atoms with E-state index in [0.29, 0.717) is 12.0 Å². The van der Waals surface area contributed by atoms with Crippen LogP contribution in [0.25, 0.3) is 0 Å². The molecule has 0 aliphatic carbocycles. The van der Waals surface area contributed by atoms with E-state index in [1.54, 1.807) is 26.0 Å². The van der Waals surface area contributed by atoms with Crippen LogP contribution in [0.15, 0.2) is 18.2 Å². The summed E-state index contributed by atoms with van der Waals surface area (Å²) in [5.41, 5.74) is 0.505. The zero-order valence-electron chi connectivity index (χ0n) is 14.3. The molecule has 0 unspecified atom stereocenters. The van der Waals surface area contributed by atoms with E-state index in [1.165, 1.54) is 13.2 Å². The molecule has 0 radical (unpaired) electrons. The Kier molecular flexibility index (Phi) is 7.23. The number of benzene rings is 1. The number of hydrogen-bond acceptors (Lipinski definition) is 6. The van der Waals surface area contributed by atoms with E-state index in [9.17, 15) is 19.5 Å². The molecule has 7 heteroatoms. The van der Waals surface area contributed by atoms with Gasteiger partial charge < -0.3 is 19.9 Å². The fraction of sp³-hybridized carbons (Fsp3) is 0.471. The van der Waals surface area contributed by atoms with Crippen molar-refractivity contribution in [2.45, 2.75) is 33.2 Å². The van der Waals surface area contributed by atoms with Gasteiger partial charge >= 0.3 is 11.9 Å². The minimum Gasteiger partial charge on any atom is -0.507 e. The van der Waals surface area contributed by atoms with Crippen molar-refractivity contribution in [1.29, 1.82) is 0 Å². The number of aromatic hydroxyl groups is 1. The minimum atomic E-state index is -0.815. The molecule has 0 saturated carbocycles. The topological polar surface area (TPSA) is 102 Å². The van der Waals surface area contributed by atoms with Gasteiger partial charge in [0.2, 0.25) is 0 Å². The van der Waals surface area contributed by atoms with Gasteiger partial charge in [-0.2, -0.15) is 0 Å². The Labute approximate surface area is 141 Å². The Morgan fingerprint density at radius 3 is 2.54 bits per heavy atom. The summed E-state index contributed by atoms with van der Waals surface area (Å²) in [5.74, 6) is -2.30. The third kappa shape index (κ3) is 4.97. The maximum absolute atomic E-state index is 11.9. The van der Waals surface area contributed by atoms with E-state index in [0.717, 1.165) is 0 Å². The van der Waals surface area contributed by atoms with Crippen LogP contribution in [0, 0.1) is 12.8 Å². The van der Waals surface area contributed by atoms with Crippen molar-refractivity contribution in [3.8, 4) is 5.75 Å². The van der Waals surface area contributed by atoms with Crippen molar-refractivity contribution in [1.82, 2.24) is 5.32 Å². The van der Waals surface area contributed by atoms with Gasteiger partial charge in [-0.3, -0.25) is 4.79 Å². The van der Waals surface area contributed by atoms with E-state index in [-0.39, 0.29) is 17.2 Å². The quantitative estimate of drug-likeness (QED) is 0.732. The molecule has 0 aliphatic rings. The molecule has 1 rings (SSSR count). The maximum atomic E-state index is 11.9. The van der Waals surface area contributed by atoms with E-state index in [1.807, 2.05) is 6.92 Å². The van der Waals surface area contributed by atoms with Crippen LogP contribution >= 0.6 is 0 Å². The summed E-state index contributed by atoms with van der Waals surface area (Å²) in [4.78, 5) is 35.6. The second-order valence-electron chi connectivity index (χ2n) is 5.50. The molecule has 2 atom stereocenters. The van der Waals surface area contributed by atoms with Gasteiger partial charge in [-0.1, -0.05) is 32.4 Å². The third-order valence-corrected chi connectivity index (χ3v) is 3.78. The summed E-state index contributed by atoms with van der Waals surface area (Å²) in [6, 6.07) is 3.84. The fourth-order valence-corrected chi connectivity index (χ4v) is 2.04. The SMILES string of the molecule is CC[C@@H](C)[C@@H](NC(=O)COC(=O)c1cccc(C)c1O)C(=O)OC. The number of carbonyl (C=O) groups is 3. The van der Waals surface area contributed by atoms with Gasteiger partial charge in [0.15, 0.2) is 6.61 Å². The van der Waals surface area contributed by atoms with Crippen molar-refractivity contribution >= 4 is 17.8 Å². The number of methoxy groups -OCH3 is 1. The highest BCUT2D eigenvalue weighted by molar-refractivity contribution is 5.94. The van der Waals surface area contributed by atoms with Crippen molar-refractivity contribution in [2.24, 2.45) is 5.92 Å². The lowest BCUT2D eigenvalue weighted by atomic mass is 9.99. The number of para-hydroxylation sites is 1. The van der Waals surface area contributed by atoms with Crippen LogP contribution in [0.5, 0.6) is 5.75 Å². The number of carbonyl (C=O) groups excluding carboxylic acids is 3. The van der Waals surface area contributed by atoms with Crippen molar-refractivity contribution in [2.75, 3.05) is 13.7 Å². The van der Waals surface area contributed by atoms with Crippen molar-refractivity contribution < 1.29 is 29.0 Å². The first-order valence-corrected chi connectivity index (χ1v) is 7.64.